The molecule has 0 aliphatic rings. The van der Waals surface area contributed by atoms with Crippen molar-refractivity contribution in [3.63, 3.8) is 0 Å². The highest BCUT2D eigenvalue weighted by Gasteiger charge is 2.06. The number of pyridine rings is 1. The highest BCUT2D eigenvalue weighted by atomic mass is 35.5. The lowest BCUT2D eigenvalue weighted by atomic mass is 10.1. The molecule has 0 saturated heterocycles. The van der Waals surface area contributed by atoms with Crippen LogP contribution >= 0.6 is 23.2 Å². The quantitative estimate of drug-likeness (QED) is 0.793. The van der Waals surface area contributed by atoms with Gasteiger partial charge in [-0.3, -0.25) is 0 Å². The van der Waals surface area contributed by atoms with Gasteiger partial charge in [0.2, 0.25) is 0 Å². The fourth-order valence-electron chi connectivity index (χ4n) is 1.02. The van der Waals surface area contributed by atoms with E-state index in [1.54, 1.807) is 6.07 Å². The molecule has 1 rings (SSSR count). The van der Waals surface area contributed by atoms with Crippen LogP contribution in [0.3, 0.4) is 0 Å². The van der Waals surface area contributed by atoms with Crippen LogP contribution in [0, 0.1) is 0 Å². The molecule has 2 nitrogen and oxygen atoms in total. The average molecular weight is 219 g/mol. The zero-order chi connectivity index (χ0) is 9.84. The van der Waals surface area contributed by atoms with Gasteiger partial charge in [-0.1, -0.05) is 36.2 Å². The number of halogens is 2. The number of aromatic nitrogens is 1. The van der Waals surface area contributed by atoms with Crippen LogP contribution in [-0.2, 0) is 6.42 Å². The van der Waals surface area contributed by atoms with Gasteiger partial charge in [0.05, 0.1) is 0 Å². The van der Waals surface area contributed by atoms with Gasteiger partial charge in [0.15, 0.2) is 0 Å². The maximum Gasteiger partial charge on any atom is 0.134 e. The van der Waals surface area contributed by atoms with Crippen molar-refractivity contribution in [1.82, 2.24) is 4.98 Å². The second-order valence-electron chi connectivity index (χ2n) is 2.96. The van der Waals surface area contributed by atoms with Crippen LogP contribution < -0.4 is 5.73 Å². The first-order valence-electron chi connectivity index (χ1n) is 4.20. The lowest BCUT2D eigenvalue weighted by Crippen LogP contribution is -2.21. The van der Waals surface area contributed by atoms with Crippen LogP contribution in [0.25, 0.3) is 0 Å². The minimum Gasteiger partial charge on any atom is -0.327 e. The molecule has 1 aromatic rings. The molecule has 1 atom stereocenters. The van der Waals surface area contributed by atoms with Crippen molar-refractivity contribution >= 4 is 23.2 Å². The molecule has 2 N–H and O–H groups in total. The summed E-state index contributed by atoms with van der Waals surface area (Å²) in [6.07, 6.45) is 1.68. The Morgan fingerprint density at radius 2 is 2.15 bits per heavy atom. The summed E-state index contributed by atoms with van der Waals surface area (Å²) in [4.78, 5) is 3.94. The first-order chi connectivity index (χ1) is 6.13. The molecule has 0 aliphatic heterocycles. The molecule has 4 heteroatoms. The predicted octanol–water partition coefficient (Wildman–Crippen LogP) is 2.67. The molecule has 0 bridgehead atoms. The second kappa shape index (κ2) is 4.80. The van der Waals surface area contributed by atoms with E-state index < -0.39 is 0 Å². The van der Waals surface area contributed by atoms with E-state index in [4.69, 9.17) is 28.9 Å². The van der Waals surface area contributed by atoms with Crippen molar-refractivity contribution in [2.75, 3.05) is 0 Å². The highest BCUT2D eigenvalue weighted by molar-refractivity contribution is 6.32. The van der Waals surface area contributed by atoms with Gasteiger partial charge < -0.3 is 5.73 Å². The van der Waals surface area contributed by atoms with Crippen molar-refractivity contribution in [3.8, 4) is 0 Å². The van der Waals surface area contributed by atoms with Crippen molar-refractivity contribution < 1.29 is 0 Å². The Morgan fingerprint density at radius 3 is 2.69 bits per heavy atom. The highest BCUT2D eigenvalue weighted by Crippen LogP contribution is 2.18. The van der Waals surface area contributed by atoms with Crippen LogP contribution in [0.4, 0.5) is 0 Å². The molecular formula is C9H12Cl2N2. The van der Waals surface area contributed by atoms with E-state index in [1.807, 2.05) is 13.0 Å². The van der Waals surface area contributed by atoms with Crippen LogP contribution in [0.15, 0.2) is 12.1 Å². The summed E-state index contributed by atoms with van der Waals surface area (Å²) in [5, 5.41) is 0.871. The average Bonchev–Trinajstić information content (AvgIpc) is 2.09. The molecule has 0 aromatic carbocycles. The van der Waals surface area contributed by atoms with Crippen molar-refractivity contribution in [3.05, 3.63) is 28.0 Å². The molecule has 0 amide bonds. The maximum absolute atomic E-state index is 5.88. The third kappa shape index (κ3) is 3.14. The summed E-state index contributed by atoms with van der Waals surface area (Å²) >= 11 is 11.5. The minimum atomic E-state index is 0.139. The van der Waals surface area contributed by atoms with Gasteiger partial charge >= 0.3 is 0 Å². The predicted molar refractivity (Wildman–Crippen MR) is 56.2 cm³/mol. The first kappa shape index (κ1) is 10.8. The van der Waals surface area contributed by atoms with Gasteiger partial charge in [0, 0.05) is 6.04 Å². The summed E-state index contributed by atoms with van der Waals surface area (Å²) in [7, 11) is 0. The van der Waals surface area contributed by atoms with E-state index in [2.05, 4.69) is 4.98 Å². The number of hydrogen-bond acceptors (Lipinski definition) is 2. The largest absolute Gasteiger partial charge is 0.327 e. The maximum atomic E-state index is 5.88. The van der Waals surface area contributed by atoms with Crippen LogP contribution in [-0.4, -0.2) is 11.0 Å². The molecule has 1 heterocycles. The topological polar surface area (TPSA) is 38.9 Å². The second-order valence-corrected chi connectivity index (χ2v) is 3.70. The third-order valence-electron chi connectivity index (χ3n) is 1.90. The third-order valence-corrected chi connectivity index (χ3v) is 2.44. The van der Waals surface area contributed by atoms with Gasteiger partial charge in [-0.2, -0.15) is 0 Å². The number of hydrogen-bond donors (Lipinski definition) is 1. The van der Waals surface area contributed by atoms with E-state index >= 15 is 0 Å². The molecule has 0 radical (unpaired) electrons. The molecule has 0 fully saturated rings. The summed E-state index contributed by atoms with van der Waals surface area (Å²) in [5.41, 5.74) is 6.75. The number of nitrogens with two attached hydrogens (primary N) is 1. The lowest BCUT2D eigenvalue weighted by Gasteiger charge is -2.09. The Labute approximate surface area is 88.1 Å². The van der Waals surface area contributed by atoms with E-state index in [9.17, 15) is 0 Å². The molecule has 1 unspecified atom stereocenters. The fourth-order valence-corrected chi connectivity index (χ4v) is 1.44. The van der Waals surface area contributed by atoms with E-state index in [0.29, 0.717) is 10.3 Å². The van der Waals surface area contributed by atoms with Crippen molar-refractivity contribution in [1.29, 1.82) is 0 Å². The fraction of sp³-hybridized carbons (Fsp3) is 0.444. The summed E-state index contributed by atoms with van der Waals surface area (Å²) < 4.78 is 0. The lowest BCUT2D eigenvalue weighted by molar-refractivity contribution is 0.645. The summed E-state index contributed by atoms with van der Waals surface area (Å²) in [6.45, 7) is 2.04. The van der Waals surface area contributed by atoms with E-state index in [-0.39, 0.29) is 6.04 Å². The molecule has 0 saturated carbocycles. The van der Waals surface area contributed by atoms with Gasteiger partial charge in [-0.05, 0) is 24.5 Å². The SMILES string of the molecule is CCC(N)Cc1ccc(Cl)nc1Cl. The Bertz CT molecular complexity index is 289. The molecule has 72 valence electrons. The van der Waals surface area contributed by atoms with Crippen LogP contribution in [0.5, 0.6) is 0 Å². The standard InChI is InChI=1S/C9H12Cl2N2/c1-2-7(12)5-6-3-4-8(10)13-9(6)11/h3-4,7H,2,5,12H2,1H3. The van der Waals surface area contributed by atoms with Crippen LogP contribution in [0.2, 0.25) is 10.3 Å². The molecule has 13 heavy (non-hydrogen) atoms. The van der Waals surface area contributed by atoms with Crippen LogP contribution in [0.1, 0.15) is 18.9 Å². The van der Waals surface area contributed by atoms with E-state index in [0.717, 1.165) is 18.4 Å². The summed E-state index contributed by atoms with van der Waals surface area (Å²) in [6, 6.07) is 3.73. The monoisotopic (exact) mass is 218 g/mol. The van der Waals surface area contributed by atoms with Crippen molar-refractivity contribution in [2.24, 2.45) is 5.73 Å². The Kier molecular flexibility index (Phi) is 3.97. The Hall–Kier alpha value is -0.310. The molecule has 1 aromatic heterocycles. The van der Waals surface area contributed by atoms with Gasteiger partial charge in [-0.15, -0.1) is 0 Å². The van der Waals surface area contributed by atoms with E-state index in [1.165, 1.54) is 0 Å². The molecule has 0 spiro atoms. The zero-order valence-corrected chi connectivity index (χ0v) is 8.94. The van der Waals surface area contributed by atoms with Crippen molar-refractivity contribution in [2.45, 2.75) is 25.8 Å². The molecule has 0 aliphatic carbocycles. The normalized spacial score (nSPS) is 12.9. The smallest absolute Gasteiger partial charge is 0.134 e. The van der Waals surface area contributed by atoms with Gasteiger partial charge in [0.1, 0.15) is 10.3 Å². The number of nitrogens with zero attached hydrogens (tertiary/aromatic N) is 1. The molecular weight excluding hydrogens is 207 g/mol. The Balaban J connectivity index is 2.77. The Morgan fingerprint density at radius 1 is 1.46 bits per heavy atom. The van der Waals surface area contributed by atoms with Gasteiger partial charge in [0.25, 0.3) is 0 Å². The minimum absolute atomic E-state index is 0.139. The number of rotatable bonds is 3. The van der Waals surface area contributed by atoms with Gasteiger partial charge in [-0.25, -0.2) is 4.98 Å². The summed E-state index contributed by atoms with van der Waals surface area (Å²) in [5.74, 6) is 0. The zero-order valence-electron chi connectivity index (χ0n) is 7.43. The first-order valence-corrected chi connectivity index (χ1v) is 4.95.